The fourth-order valence-electron chi connectivity index (χ4n) is 2.72. The van der Waals surface area contributed by atoms with Gasteiger partial charge in [0.25, 0.3) is 0 Å². The highest BCUT2D eigenvalue weighted by atomic mass is 19.1. The van der Waals surface area contributed by atoms with Crippen molar-refractivity contribution in [3.8, 4) is 0 Å². The lowest BCUT2D eigenvalue weighted by molar-refractivity contribution is -0.130. The average Bonchev–Trinajstić information content (AvgIpc) is 2.82. The molecule has 1 amide bonds. The van der Waals surface area contributed by atoms with E-state index in [-0.39, 0.29) is 17.8 Å². The quantitative estimate of drug-likeness (QED) is 0.885. The van der Waals surface area contributed by atoms with Crippen molar-refractivity contribution in [3.63, 3.8) is 0 Å². The van der Waals surface area contributed by atoms with Gasteiger partial charge in [0.1, 0.15) is 5.82 Å². The van der Waals surface area contributed by atoms with Crippen LogP contribution in [-0.4, -0.2) is 30.4 Å². The van der Waals surface area contributed by atoms with Crippen LogP contribution in [0, 0.1) is 5.82 Å². The Morgan fingerprint density at radius 1 is 1.42 bits per heavy atom. The number of halogens is 1. The minimum Gasteiger partial charge on any atom is -0.342 e. The van der Waals surface area contributed by atoms with Gasteiger partial charge in [0.05, 0.1) is 6.54 Å². The SMILES string of the molecule is CCN(CC)C(=O)CNC1CCc2c(F)cccc21. The standard InChI is InChI=1S/C15H21FN2O/c1-3-18(4-2)15(19)10-17-14-9-8-11-12(14)6-5-7-13(11)16/h5-7,14,17H,3-4,8-10H2,1-2H3. The molecule has 1 aromatic carbocycles. The van der Waals surface area contributed by atoms with Crippen molar-refractivity contribution in [1.82, 2.24) is 10.2 Å². The number of nitrogens with zero attached hydrogens (tertiary/aromatic N) is 1. The average molecular weight is 264 g/mol. The Bertz CT molecular complexity index is 457. The third-order valence-corrected chi connectivity index (χ3v) is 3.83. The second-order valence-electron chi connectivity index (χ2n) is 4.85. The lowest BCUT2D eigenvalue weighted by Gasteiger charge is -2.21. The van der Waals surface area contributed by atoms with Gasteiger partial charge in [-0.1, -0.05) is 12.1 Å². The summed E-state index contributed by atoms with van der Waals surface area (Å²) in [7, 11) is 0. The summed E-state index contributed by atoms with van der Waals surface area (Å²) < 4.78 is 13.6. The molecule has 2 rings (SSSR count). The first-order valence-electron chi connectivity index (χ1n) is 6.95. The summed E-state index contributed by atoms with van der Waals surface area (Å²) in [6, 6.07) is 5.29. The fourth-order valence-corrected chi connectivity index (χ4v) is 2.72. The number of carbonyl (C=O) groups excluding carboxylic acids is 1. The van der Waals surface area contributed by atoms with Crippen molar-refractivity contribution >= 4 is 5.91 Å². The summed E-state index contributed by atoms with van der Waals surface area (Å²) in [5.41, 5.74) is 1.81. The Morgan fingerprint density at radius 3 is 2.84 bits per heavy atom. The molecule has 19 heavy (non-hydrogen) atoms. The maximum atomic E-state index is 13.6. The largest absolute Gasteiger partial charge is 0.342 e. The van der Waals surface area contributed by atoms with Gasteiger partial charge in [0.2, 0.25) is 5.91 Å². The maximum absolute atomic E-state index is 13.6. The number of hydrogen-bond donors (Lipinski definition) is 1. The summed E-state index contributed by atoms with van der Waals surface area (Å²) in [6.07, 6.45) is 1.61. The van der Waals surface area contributed by atoms with E-state index in [2.05, 4.69) is 5.32 Å². The summed E-state index contributed by atoms with van der Waals surface area (Å²) in [4.78, 5) is 13.7. The van der Waals surface area contributed by atoms with Crippen LogP contribution < -0.4 is 5.32 Å². The van der Waals surface area contributed by atoms with E-state index in [0.717, 1.165) is 37.1 Å². The zero-order chi connectivity index (χ0) is 13.8. The molecule has 1 aliphatic carbocycles. The minimum atomic E-state index is -0.128. The Hall–Kier alpha value is -1.42. The molecule has 1 aromatic rings. The van der Waals surface area contributed by atoms with Crippen LogP contribution in [0.1, 0.15) is 37.4 Å². The van der Waals surface area contributed by atoms with Gasteiger partial charge in [-0.25, -0.2) is 4.39 Å². The summed E-state index contributed by atoms with van der Waals surface area (Å²) in [5, 5.41) is 3.26. The number of nitrogens with one attached hydrogen (secondary N) is 1. The van der Waals surface area contributed by atoms with E-state index in [0.29, 0.717) is 6.54 Å². The molecule has 0 aromatic heterocycles. The van der Waals surface area contributed by atoms with Crippen molar-refractivity contribution < 1.29 is 9.18 Å². The number of rotatable bonds is 5. The molecular weight excluding hydrogens is 243 g/mol. The van der Waals surface area contributed by atoms with Crippen LogP contribution in [0.15, 0.2) is 18.2 Å². The molecule has 0 saturated heterocycles. The van der Waals surface area contributed by atoms with E-state index in [1.807, 2.05) is 19.9 Å². The first kappa shape index (κ1) is 14.0. The van der Waals surface area contributed by atoms with Crippen molar-refractivity contribution in [2.24, 2.45) is 0 Å². The Labute approximate surface area is 113 Å². The first-order valence-corrected chi connectivity index (χ1v) is 6.95. The van der Waals surface area contributed by atoms with Crippen LogP contribution in [0.3, 0.4) is 0 Å². The van der Waals surface area contributed by atoms with Gasteiger partial charge < -0.3 is 10.2 Å². The van der Waals surface area contributed by atoms with E-state index in [9.17, 15) is 9.18 Å². The van der Waals surface area contributed by atoms with Crippen LogP contribution in [0.2, 0.25) is 0 Å². The first-order chi connectivity index (χ1) is 9.17. The Morgan fingerprint density at radius 2 is 2.16 bits per heavy atom. The molecule has 4 heteroatoms. The molecule has 0 aliphatic heterocycles. The van der Waals surface area contributed by atoms with E-state index in [1.165, 1.54) is 6.07 Å². The van der Waals surface area contributed by atoms with Crippen LogP contribution >= 0.6 is 0 Å². The summed E-state index contributed by atoms with van der Waals surface area (Å²) in [5.74, 6) is -0.0216. The molecule has 1 atom stereocenters. The molecule has 0 fully saturated rings. The van der Waals surface area contributed by atoms with Crippen LogP contribution in [0.4, 0.5) is 4.39 Å². The van der Waals surface area contributed by atoms with Gasteiger partial charge in [0.15, 0.2) is 0 Å². The number of fused-ring (bicyclic) bond motifs is 1. The van der Waals surface area contributed by atoms with Gasteiger partial charge >= 0.3 is 0 Å². The third kappa shape index (κ3) is 2.95. The molecule has 0 heterocycles. The van der Waals surface area contributed by atoms with Crippen molar-refractivity contribution in [3.05, 3.63) is 35.1 Å². The second kappa shape index (κ2) is 6.15. The van der Waals surface area contributed by atoms with E-state index in [4.69, 9.17) is 0 Å². The van der Waals surface area contributed by atoms with E-state index >= 15 is 0 Å². The molecule has 0 bridgehead atoms. The zero-order valence-electron chi connectivity index (χ0n) is 11.6. The number of likely N-dealkylation sites (N-methyl/N-ethyl adjacent to an activating group) is 1. The van der Waals surface area contributed by atoms with Crippen molar-refractivity contribution in [2.45, 2.75) is 32.7 Å². The van der Waals surface area contributed by atoms with Crippen molar-refractivity contribution in [1.29, 1.82) is 0 Å². The third-order valence-electron chi connectivity index (χ3n) is 3.83. The second-order valence-corrected chi connectivity index (χ2v) is 4.85. The van der Waals surface area contributed by atoms with Crippen LogP contribution in [0.25, 0.3) is 0 Å². The van der Waals surface area contributed by atoms with Gasteiger partial charge in [0, 0.05) is 19.1 Å². The van der Waals surface area contributed by atoms with Gasteiger partial charge in [-0.05, 0) is 43.9 Å². The normalized spacial score (nSPS) is 17.3. The highest BCUT2D eigenvalue weighted by Crippen LogP contribution is 2.32. The minimum absolute atomic E-state index is 0.102. The predicted molar refractivity (Wildman–Crippen MR) is 73.4 cm³/mol. The lowest BCUT2D eigenvalue weighted by Crippen LogP contribution is -2.38. The zero-order valence-corrected chi connectivity index (χ0v) is 11.6. The molecule has 3 nitrogen and oxygen atoms in total. The fraction of sp³-hybridized carbons (Fsp3) is 0.533. The molecule has 1 unspecified atom stereocenters. The molecule has 0 radical (unpaired) electrons. The smallest absolute Gasteiger partial charge is 0.236 e. The maximum Gasteiger partial charge on any atom is 0.236 e. The summed E-state index contributed by atoms with van der Waals surface area (Å²) in [6.45, 7) is 5.73. The molecule has 1 N–H and O–H groups in total. The van der Waals surface area contributed by atoms with E-state index < -0.39 is 0 Å². The van der Waals surface area contributed by atoms with Gasteiger partial charge in [-0.15, -0.1) is 0 Å². The number of benzene rings is 1. The van der Waals surface area contributed by atoms with E-state index in [1.54, 1.807) is 11.0 Å². The number of carbonyl (C=O) groups is 1. The molecule has 0 saturated carbocycles. The predicted octanol–water partition coefficient (Wildman–Crippen LogP) is 2.27. The lowest BCUT2D eigenvalue weighted by atomic mass is 10.1. The monoisotopic (exact) mass is 264 g/mol. The van der Waals surface area contributed by atoms with Gasteiger partial charge in [-0.2, -0.15) is 0 Å². The number of amides is 1. The molecule has 0 spiro atoms. The topological polar surface area (TPSA) is 32.3 Å². The highest BCUT2D eigenvalue weighted by molar-refractivity contribution is 5.78. The molecule has 104 valence electrons. The number of hydrogen-bond acceptors (Lipinski definition) is 2. The highest BCUT2D eigenvalue weighted by Gasteiger charge is 2.25. The molecule has 1 aliphatic rings. The van der Waals surface area contributed by atoms with Crippen molar-refractivity contribution in [2.75, 3.05) is 19.6 Å². The van der Waals surface area contributed by atoms with Crippen LogP contribution in [0.5, 0.6) is 0 Å². The van der Waals surface area contributed by atoms with Gasteiger partial charge in [-0.3, -0.25) is 4.79 Å². The Balaban J connectivity index is 1.97. The molecular formula is C15H21FN2O. The Kier molecular flexibility index (Phi) is 4.53. The summed E-state index contributed by atoms with van der Waals surface area (Å²) >= 11 is 0. The van der Waals surface area contributed by atoms with Crippen LogP contribution in [-0.2, 0) is 11.2 Å².